The van der Waals surface area contributed by atoms with Gasteiger partial charge in [0, 0.05) is 29.9 Å². The Morgan fingerprint density at radius 3 is 2.57 bits per heavy atom. The van der Waals surface area contributed by atoms with Crippen LogP contribution in [-0.2, 0) is 12.6 Å². The summed E-state index contributed by atoms with van der Waals surface area (Å²) in [5.41, 5.74) is 1.80. The number of alkyl halides is 3. The van der Waals surface area contributed by atoms with Gasteiger partial charge in [-0.05, 0) is 35.9 Å². The maximum atomic E-state index is 12.8. The Morgan fingerprint density at radius 2 is 1.86 bits per heavy atom. The third-order valence-electron chi connectivity index (χ3n) is 4.11. The van der Waals surface area contributed by atoms with Gasteiger partial charge in [-0.25, -0.2) is 0 Å². The summed E-state index contributed by atoms with van der Waals surface area (Å²) in [4.78, 5) is 4.03. The molecule has 0 radical (unpaired) electrons. The number of pyridine rings is 1. The molecular formula is C21H17F3N2O2. The van der Waals surface area contributed by atoms with Crippen LogP contribution in [0.1, 0.15) is 22.3 Å². The second kappa shape index (κ2) is 8.56. The highest BCUT2D eigenvalue weighted by molar-refractivity contribution is 6.13. The largest absolute Gasteiger partial charge is 0.493 e. The van der Waals surface area contributed by atoms with Crippen LogP contribution in [0.5, 0.6) is 5.75 Å². The Labute approximate surface area is 159 Å². The molecule has 3 rings (SSSR count). The summed E-state index contributed by atoms with van der Waals surface area (Å²) in [6.07, 6.45) is -0.786. The smallest absolute Gasteiger partial charge is 0.416 e. The molecule has 144 valence electrons. The third-order valence-corrected chi connectivity index (χ3v) is 4.11. The van der Waals surface area contributed by atoms with Gasteiger partial charge < -0.3 is 9.94 Å². The highest BCUT2D eigenvalue weighted by Crippen LogP contribution is 2.31. The van der Waals surface area contributed by atoms with E-state index in [1.54, 1.807) is 24.5 Å². The van der Waals surface area contributed by atoms with Crippen LogP contribution in [0.15, 0.2) is 78.2 Å². The van der Waals surface area contributed by atoms with Crippen molar-refractivity contribution in [1.29, 1.82) is 0 Å². The second-order valence-corrected chi connectivity index (χ2v) is 5.97. The number of hydrogen-bond donors (Lipinski definition) is 1. The summed E-state index contributed by atoms with van der Waals surface area (Å²) in [5, 5.41) is 12.9. The van der Waals surface area contributed by atoms with Crippen LogP contribution in [-0.4, -0.2) is 22.5 Å². The molecule has 0 aliphatic heterocycles. The van der Waals surface area contributed by atoms with Gasteiger partial charge in [0.05, 0.1) is 12.2 Å². The van der Waals surface area contributed by atoms with E-state index in [0.717, 1.165) is 17.7 Å². The zero-order valence-corrected chi connectivity index (χ0v) is 14.7. The number of rotatable bonds is 6. The highest BCUT2D eigenvalue weighted by Gasteiger charge is 2.30. The summed E-state index contributed by atoms with van der Waals surface area (Å²) in [6.45, 7) is 0.171. The Bertz CT molecular complexity index is 957. The first-order chi connectivity index (χ1) is 13.5. The van der Waals surface area contributed by atoms with Crippen LogP contribution >= 0.6 is 0 Å². The number of aromatic nitrogens is 1. The fraction of sp³-hybridized carbons (Fsp3) is 0.143. The lowest BCUT2D eigenvalue weighted by molar-refractivity contribution is -0.137. The number of halogens is 3. The lowest BCUT2D eigenvalue weighted by atomic mass is 9.97. The number of ether oxygens (including phenoxy) is 1. The molecule has 28 heavy (non-hydrogen) atoms. The molecule has 0 bridgehead atoms. The van der Waals surface area contributed by atoms with Crippen LogP contribution in [0.4, 0.5) is 13.2 Å². The summed E-state index contributed by atoms with van der Waals surface area (Å²) in [7, 11) is 0. The van der Waals surface area contributed by atoms with Crippen LogP contribution in [0.2, 0.25) is 0 Å². The monoisotopic (exact) mass is 386 g/mol. The molecular weight excluding hydrogens is 369 g/mol. The zero-order valence-electron chi connectivity index (χ0n) is 14.7. The molecule has 0 spiro atoms. The Balaban J connectivity index is 1.74. The molecule has 3 aromatic rings. The molecule has 0 aliphatic rings. The second-order valence-electron chi connectivity index (χ2n) is 5.97. The maximum absolute atomic E-state index is 12.8. The van der Waals surface area contributed by atoms with Crippen molar-refractivity contribution >= 4 is 5.71 Å². The van der Waals surface area contributed by atoms with Crippen molar-refractivity contribution in [2.45, 2.75) is 12.6 Å². The van der Waals surface area contributed by atoms with E-state index in [2.05, 4.69) is 10.1 Å². The average Bonchev–Trinajstić information content (AvgIpc) is 2.70. The van der Waals surface area contributed by atoms with Crippen LogP contribution in [0.25, 0.3) is 0 Å². The minimum absolute atomic E-state index is 0.149. The summed E-state index contributed by atoms with van der Waals surface area (Å²) in [6, 6.07) is 15.6. The van der Waals surface area contributed by atoms with E-state index in [1.807, 2.05) is 24.3 Å². The molecule has 0 aliphatic carbocycles. The van der Waals surface area contributed by atoms with Gasteiger partial charge in [0.15, 0.2) is 0 Å². The van der Waals surface area contributed by atoms with E-state index < -0.39 is 11.7 Å². The standard InChI is InChI=1S/C21H17F3N2O2/c22-21(23,24)17-7-3-8-18(13-17)28-12-10-15-5-1-2-9-19(15)20(26-27)16-6-4-11-25-14-16/h1-9,11,13-14,27H,10,12H2. The average molecular weight is 386 g/mol. The number of nitrogens with zero attached hydrogens (tertiary/aromatic N) is 2. The zero-order chi connectivity index (χ0) is 20.0. The van der Waals surface area contributed by atoms with E-state index in [-0.39, 0.29) is 12.4 Å². The lowest BCUT2D eigenvalue weighted by Crippen LogP contribution is -2.10. The van der Waals surface area contributed by atoms with Gasteiger partial charge in [-0.1, -0.05) is 35.5 Å². The van der Waals surface area contributed by atoms with E-state index in [4.69, 9.17) is 4.74 Å². The molecule has 0 saturated heterocycles. The fourth-order valence-corrected chi connectivity index (χ4v) is 2.78. The van der Waals surface area contributed by atoms with Gasteiger partial charge in [0.2, 0.25) is 0 Å². The van der Waals surface area contributed by atoms with Crippen LogP contribution in [0, 0.1) is 0 Å². The Hall–Kier alpha value is -3.35. The van der Waals surface area contributed by atoms with Crippen molar-refractivity contribution in [2.24, 2.45) is 5.16 Å². The SMILES string of the molecule is ON=C(c1cccnc1)c1ccccc1CCOc1cccc(C(F)(F)F)c1. The summed E-state index contributed by atoms with van der Waals surface area (Å²) in [5.74, 6) is 0.149. The van der Waals surface area contributed by atoms with Gasteiger partial charge in [-0.3, -0.25) is 4.98 Å². The minimum Gasteiger partial charge on any atom is -0.493 e. The molecule has 7 heteroatoms. The Kier molecular flexibility index (Phi) is 5.93. The first-order valence-corrected chi connectivity index (χ1v) is 8.50. The molecule has 0 atom stereocenters. The van der Waals surface area contributed by atoms with Crippen molar-refractivity contribution in [1.82, 2.24) is 4.98 Å². The molecule has 0 fully saturated rings. The molecule has 4 nitrogen and oxygen atoms in total. The van der Waals surface area contributed by atoms with Gasteiger partial charge >= 0.3 is 6.18 Å². The van der Waals surface area contributed by atoms with E-state index in [9.17, 15) is 18.4 Å². The number of oxime groups is 1. The minimum atomic E-state index is -4.41. The van der Waals surface area contributed by atoms with Crippen LogP contribution in [0.3, 0.4) is 0 Å². The number of hydrogen-bond acceptors (Lipinski definition) is 4. The molecule has 2 aromatic carbocycles. The topological polar surface area (TPSA) is 54.7 Å². The van der Waals surface area contributed by atoms with Gasteiger partial charge in [-0.15, -0.1) is 0 Å². The normalized spacial score (nSPS) is 12.0. The van der Waals surface area contributed by atoms with Crippen molar-refractivity contribution in [3.63, 3.8) is 0 Å². The van der Waals surface area contributed by atoms with Crippen LogP contribution < -0.4 is 4.74 Å². The van der Waals surface area contributed by atoms with Crippen molar-refractivity contribution < 1.29 is 23.1 Å². The number of benzene rings is 2. The first-order valence-electron chi connectivity index (χ1n) is 8.50. The molecule has 0 saturated carbocycles. The molecule has 1 aromatic heterocycles. The first kappa shape index (κ1) is 19.4. The Morgan fingerprint density at radius 1 is 1.04 bits per heavy atom. The quantitative estimate of drug-likeness (QED) is 0.371. The van der Waals surface area contributed by atoms with Crippen molar-refractivity contribution in [3.05, 3.63) is 95.3 Å². The van der Waals surface area contributed by atoms with Gasteiger partial charge in [0.25, 0.3) is 0 Å². The maximum Gasteiger partial charge on any atom is 0.416 e. The predicted molar refractivity (Wildman–Crippen MR) is 98.7 cm³/mol. The fourth-order valence-electron chi connectivity index (χ4n) is 2.78. The third kappa shape index (κ3) is 4.68. The van der Waals surface area contributed by atoms with E-state index in [0.29, 0.717) is 23.3 Å². The van der Waals surface area contributed by atoms with Gasteiger partial charge in [0.1, 0.15) is 11.5 Å². The molecule has 0 amide bonds. The molecule has 0 unspecified atom stereocenters. The van der Waals surface area contributed by atoms with E-state index >= 15 is 0 Å². The van der Waals surface area contributed by atoms with Crippen molar-refractivity contribution in [2.75, 3.05) is 6.61 Å². The van der Waals surface area contributed by atoms with Crippen molar-refractivity contribution in [3.8, 4) is 5.75 Å². The summed E-state index contributed by atoms with van der Waals surface area (Å²) < 4.78 is 43.9. The predicted octanol–water partition coefficient (Wildman–Crippen LogP) is 4.95. The highest BCUT2D eigenvalue weighted by atomic mass is 19.4. The lowest BCUT2D eigenvalue weighted by Gasteiger charge is -2.13. The molecule has 1 N–H and O–H groups in total. The summed E-state index contributed by atoms with van der Waals surface area (Å²) >= 11 is 0. The van der Waals surface area contributed by atoms with Gasteiger partial charge in [-0.2, -0.15) is 13.2 Å². The molecule has 1 heterocycles. The van der Waals surface area contributed by atoms with E-state index in [1.165, 1.54) is 12.1 Å².